The number of amides is 1. The molecule has 5 heterocycles. The fraction of sp³-hybridized carbons (Fsp3) is 0.969. The van der Waals surface area contributed by atoms with Crippen molar-refractivity contribution in [1.82, 2.24) is 5.32 Å². The third kappa shape index (κ3) is 12.8. The predicted octanol–water partition coefficient (Wildman–Crippen LogP) is -11.1. The maximum absolute atomic E-state index is 12.9. The summed E-state index contributed by atoms with van der Waals surface area (Å²) in [7, 11) is -11.0. The minimum atomic E-state index is -5.50. The summed E-state index contributed by atoms with van der Waals surface area (Å²) in [6, 6.07) is -2.02. The quantitative estimate of drug-likeness (QED) is 0.0602. The Labute approximate surface area is 373 Å². The first-order valence-electron chi connectivity index (χ1n) is 19.8. The Morgan fingerprint density at radius 2 is 0.985 bits per heavy atom. The van der Waals surface area contributed by atoms with Gasteiger partial charge in [-0.15, -0.1) is 0 Å². The van der Waals surface area contributed by atoms with Crippen LogP contribution in [-0.2, 0) is 76.6 Å². The average Bonchev–Trinajstić information content (AvgIpc) is 3.23. The Balaban J connectivity index is 1.59. The second kappa shape index (κ2) is 22.6. The fourth-order valence-corrected chi connectivity index (χ4v) is 8.56. The molecule has 0 aromatic rings. The first-order valence-corrected chi connectivity index (χ1v) is 22.5. The topological polar surface area (TPSA) is 502 Å². The van der Waals surface area contributed by atoms with Crippen molar-refractivity contribution in [2.45, 2.75) is 167 Å². The molecule has 386 valence electrons. The second-order valence-corrected chi connectivity index (χ2v) is 17.8. The van der Waals surface area contributed by atoms with Crippen LogP contribution in [0.4, 0.5) is 0 Å². The van der Waals surface area contributed by atoms with Gasteiger partial charge in [0, 0.05) is 6.92 Å². The van der Waals surface area contributed by atoms with Gasteiger partial charge in [-0.1, -0.05) is 0 Å². The van der Waals surface area contributed by atoms with Gasteiger partial charge in [0.1, 0.15) is 116 Å². The molecule has 32 nitrogen and oxygen atoms in total. The van der Waals surface area contributed by atoms with Gasteiger partial charge in [0.2, 0.25) is 5.91 Å². The van der Waals surface area contributed by atoms with Gasteiger partial charge in [0.25, 0.3) is 0 Å². The Morgan fingerprint density at radius 3 is 1.52 bits per heavy atom. The zero-order chi connectivity index (χ0) is 49.3. The van der Waals surface area contributed by atoms with Crippen molar-refractivity contribution in [2.24, 2.45) is 0 Å². The van der Waals surface area contributed by atoms with Crippen LogP contribution in [-0.4, -0.2) is 278 Å². The van der Waals surface area contributed by atoms with E-state index in [0.29, 0.717) is 0 Å². The fourth-order valence-electron chi connectivity index (χ4n) is 7.75. The molecule has 5 fully saturated rings. The highest BCUT2D eigenvalue weighted by Gasteiger charge is 2.58. The average molecular weight is 1010 g/mol. The summed E-state index contributed by atoms with van der Waals surface area (Å²) in [5.41, 5.74) is 0. The van der Waals surface area contributed by atoms with Crippen LogP contribution in [0, 0.1) is 0 Å². The monoisotopic (exact) mass is 1010 g/mol. The Hall–Kier alpha value is -1.67. The standard InChI is InChI=1S/C32H55NO31S2/c1-7-14(38)17(41)20(44)30(55-7)62-25-13(33-8(2)37)29(63-26-15(39)9(3-34)57-31(21(26)45)60-23-11(5-36)56-28(47)19(43)18(23)42)59-12(6-54-65(48,49)50)24(25)61-32-22(46)27(64-66(51,52)53)16(40)10(4-35)58-32/h7,9-32,34-36,38-47H,3-6H2,1-2H3,(H,33,37)(H,48,49,50)(H,51,52,53)/t7-,9+,10+,11+,12+,13+,14+,15-,16-,17+,18+,19+,20-,21+,22+,23+,24+,25+,26-,27-,28?,29-,30-,31-,32-/m0/s1. The Kier molecular flexibility index (Phi) is 18.9. The second-order valence-electron chi connectivity index (χ2n) is 15.7. The molecule has 5 aliphatic heterocycles. The molecule has 0 aromatic heterocycles. The van der Waals surface area contributed by atoms with E-state index in [1.54, 1.807) is 0 Å². The van der Waals surface area contributed by atoms with Crippen LogP contribution in [0.1, 0.15) is 13.8 Å². The third-order valence-corrected chi connectivity index (χ3v) is 12.0. The van der Waals surface area contributed by atoms with Crippen LogP contribution in [0.3, 0.4) is 0 Å². The Morgan fingerprint density at radius 1 is 0.500 bits per heavy atom. The molecule has 5 aliphatic rings. The van der Waals surface area contributed by atoms with Gasteiger partial charge in [-0.3, -0.25) is 13.9 Å². The molecule has 0 aromatic carbocycles. The van der Waals surface area contributed by atoms with Crippen LogP contribution in [0.25, 0.3) is 0 Å². The zero-order valence-corrected chi connectivity index (χ0v) is 36.0. The predicted molar refractivity (Wildman–Crippen MR) is 198 cm³/mol. The van der Waals surface area contributed by atoms with Crippen molar-refractivity contribution < 1.29 is 148 Å². The van der Waals surface area contributed by atoms with E-state index in [1.165, 1.54) is 6.92 Å². The number of ether oxygens (including phenoxy) is 9. The van der Waals surface area contributed by atoms with Gasteiger partial charge in [-0.25, -0.2) is 8.37 Å². The normalized spacial score (nSPS) is 47.3. The van der Waals surface area contributed by atoms with Crippen molar-refractivity contribution in [3.63, 3.8) is 0 Å². The van der Waals surface area contributed by atoms with Crippen molar-refractivity contribution in [1.29, 1.82) is 0 Å². The number of nitrogens with one attached hydrogen (secondary N) is 1. The van der Waals surface area contributed by atoms with E-state index in [-0.39, 0.29) is 0 Å². The SMILES string of the molecule is CC(=O)N[C@H]1[C@H](O[C@H]2[C@@H](O)[C@@H](CO)O[C@@H](O[C@H]3[C@H](O)[C@@H](O)C(O)O[C@@H]3CO)[C@@H]2O)O[C@H](COS(=O)(=O)O)[C@@H](O[C@@H]2O[C@H](CO)[C@H](O)[C@H](OS(=O)(=O)O)[C@H]2O)[C@@H]1O[C@@H]1O[C@@H](C)[C@@H](O)[C@@H](O)[C@@H]1O. The minimum Gasteiger partial charge on any atom is -0.394 e. The van der Waals surface area contributed by atoms with Gasteiger partial charge in [0.05, 0.1) is 32.5 Å². The lowest BCUT2D eigenvalue weighted by atomic mass is 9.93. The van der Waals surface area contributed by atoms with E-state index in [0.717, 1.165) is 6.92 Å². The lowest BCUT2D eigenvalue weighted by molar-refractivity contribution is -0.390. The molecule has 25 atom stereocenters. The van der Waals surface area contributed by atoms with E-state index in [4.69, 9.17) is 42.6 Å². The summed E-state index contributed by atoms with van der Waals surface area (Å²) in [6.45, 7) is -2.49. The van der Waals surface area contributed by atoms with Gasteiger partial charge in [-0.2, -0.15) is 16.8 Å². The maximum Gasteiger partial charge on any atom is 0.397 e. The molecule has 0 spiro atoms. The number of carbonyl (C=O) groups is 1. The number of aliphatic hydroxyl groups is 13. The summed E-state index contributed by atoms with van der Waals surface area (Å²) < 4.78 is 126. The molecule has 34 heteroatoms. The summed E-state index contributed by atoms with van der Waals surface area (Å²) >= 11 is 0. The van der Waals surface area contributed by atoms with Gasteiger partial charge < -0.3 is 114 Å². The number of aliphatic hydroxyl groups excluding tert-OH is 13. The van der Waals surface area contributed by atoms with Crippen molar-refractivity contribution in [3.8, 4) is 0 Å². The van der Waals surface area contributed by atoms with Gasteiger partial charge >= 0.3 is 20.8 Å². The van der Waals surface area contributed by atoms with E-state index < -0.39 is 207 Å². The molecular weight excluding hydrogens is 958 g/mol. The smallest absolute Gasteiger partial charge is 0.394 e. The molecule has 1 unspecified atom stereocenters. The van der Waals surface area contributed by atoms with Crippen LogP contribution >= 0.6 is 0 Å². The number of hydrogen-bond donors (Lipinski definition) is 16. The van der Waals surface area contributed by atoms with Gasteiger partial charge in [0.15, 0.2) is 31.5 Å². The summed E-state index contributed by atoms with van der Waals surface area (Å²) in [5.74, 6) is -1.00. The minimum absolute atomic E-state index is 0.897. The first-order chi connectivity index (χ1) is 30.7. The van der Waals surface area contributed by atoms with Crippen LogP contribution in [0.15, 0.2) is 0 Å². The van der Waals surface area contributed by atoms with Crippen LogP contribution in [0.5, 0.6) is 0 Å². The van der Waals surface area contributed by atoms with Crippen molar-refractivity contribution >= 4 is 26.7 Å². The van der Waals surface area contributed by atoms with Crippen molar-refractivity contribution in [3.05, 3.63) is 0 Å². The lowest BCUT2D eigenvalue weighted by Crippen LogP contribution is -2.71. The molecule has 5 saturated heterocycles. The van der Waals surface area contributed by atoms with Gasteiger partial charge in [-0.05, 0) is 6.92 Å². The molecule has 5 rings (SSSR count). The molecule has 0 saturated carbocycles. The molecule has 0 bridgehead atoms. The molecular formula is C32H55NO31S2. The number of carbonyl (C=O) groups excluding carboxylic acids is 1. The maximum atomic E-state index is 12.9. The first kappa shape index (κ1) is 55.3. The number of rotatable bonds is 17. The highest BCUT2D eigenvalue weighted by atomic mass is 32.3. The number of hydrogen-bond acceptors (Lipinski definition) is 29. The molecule has 16 N–H and O–H groups in total. The van der Waals surface area contributed by atoms with E-state index >= 15 is 0 Å². The van der Waals surface area contributed by atoms with Crippen LogP contribution in [0.2, 0.25) is 0 Å². The highest BCUT2D eigenvalue weighted by molar-refractivity contribution is 7.81. The Bertz CT molecular complexity index is 1800. The summed E-state index contributed by atoms with van der Waals surface area (Å²) in [5, 5.41) is 140. The zero-order valence-electron chi connectivity index (χ0n) is 34.3. The summed E-state index contributed by atoms with van der Waals surface area (Å²) in [4.78, 5) is 12.9. The largest absolute Gasteiger partial charge is 0.397 e. The molecule has 0 radical (unpaired) electrons. The molecule has 1 amide bonds. The molecule has 66 heavy (non-hydrogen) atoms. The van der Waals surface area contributed by atoms with Crippen LogP contribution < -0.4 is 5.32 Å². The molecule has 0 aliphatic carbocycles. The van der Waals surface area contributed by atoms with E-state index in [2.05, 4.69) is 13.7 Å². The van der Waals surface area contributed by atoms with Crippen molar-refractivity contribution in [2.75, 3.05) is 26.4 Å². The highest BCUT2D eigenvalue weighted by Crippen LogP contribution is 2.37. The summed E-state index contributed by atoms with van der Waals surface area (Å²) in [6.07, 6.45) is -49.6. The lowest BCUT2D eigenvalue weighted by Gasteiger charge is -2.51. The third-order valence-electron chi connectivity index (χ3n) is 11.1. The van der Waals surface area contributed by atoms with E-state index in [9.17, 15) is 97.1 Å². The van der Waals surface area contributed by atoms with E-state index in [1.807, 2.05) is 0 Å².